The average Bonchev–Trinajstić information content (AvgIpc) is 3.44. The van der Waals surface area contributed by atoms with Crippen molar-refractivity contribution in [3.63, 3.8) is 0 Å². The third-order valence-corrected chi connectivity index (χ3v) is 6.64. The molecule has 2 bridgehead atoms. The molecule has 2 N–H and O–H groups in total. The highest BCUT2D eigenvalue weighted by Gasteiger charge is 2.57. The molecule has 3 aliphatic rings. The van der Waals surface area contributed by atoms with Gasteiger partial charge >= 0.3 is 0 Å². The third-order valence-electron chi connectivity index (χ3n) is 6.64. The summed E-state index contributed by atoms with van der Waals surface area (Å²) in [4.78, 5) is 14.2. The molecule has 1 amide bonds. The van der Waals surface area contributed by atoms with E-state index in [0.29, 0.717) is 17.6 Å². The van der Waals surface area contributed by atoms with Crippen molar-refractivity contribution in [3.05, 3.63) is 65.7 Å². The highest BCUT2D eigenvalue weighted by atomic mass is 16.5. The van der Waals surface area contributed by atoms with Crippen molar-refractivity contribution < 1.29 is 9.53 Å². The lowest BCUT2D eigenvalue weighted by Crippen LogP contribution is -2.51. The summed E-state index contributed by atoms with van der Waals surface area (Å²) in [6.07, 6.45) is 7.42. The van der Waals surface area contributed by atoms with E-state index in [2.05, 4.69) is 35.2 Å². The maximum absolute atomic E-state index is 11.4. The molecule has 5 rings (SSSR count). The van der Waals surface area contributed by atoms with Crippen molar-refractivity contribution >= 4 is 5.91 Å². The monoisotopic (exact) mass is 362 g/mol. The Kier molecular flexibility index (Phi) is 3.97. The van der Waals surface area contributed by atoms with E-state index in [4.69, 9.17) is 10.5 Å². The van der Waals surface area contributed by atoms with E-state index in [0.717, 1.165) is 18.6 Å². The maximum Gasteiger partial charge on any atom is 0.248 e. The van der Waals surface area contributed by atoms with Crippen molar-refractivity contribution in [2.24, 2.45) is 5.73 Å². The molecule has 0 spiro atoms. The number of ether oxygens (including phenoxy) is 1. The van der Waals surface area contributed by atoms with E-state index < -0.39 is 5.91 Å². The van der Waals surface area contributed by atoms with Crippen LogP contribution in [0, 0.1) is 0 Å². The van der Waals surface area contributed by atoms with Crippen LogP contribution >= 0.6 is 0 Å². The molecule has 0 radical (unpaired) electrons. The Morgan fingerprint density at radius 3 is 2.33 bits per heavy atom. The van der Waals surface area contributed by atoms with Gasteiger partial charge in [0.15, 0.2) is 0 Å². The number of fused-ring (bicyclic) bond motifs is 2. The molecule has 2 aromatic carbocycles. The number of piperidine rings is 1. The van der Waals surface area contributed by atoms with Crippen LogP contribution in [-0.4, -0.2) is 29.0 Å². The first-order valence-corrected chi connectivity index (χ1v) is 10.1. The number of rotatable bonds is 5. The molecule has 1 unspecified atom stereocenters. The molecule has 2 aromatic rings. The van der Waals surface area contributed by atoms with Crippen molar-refractivity contribution in [1.29, 1.82) is 0 Å². The van der Waals surface area contributed by atoms with Crippen LogP contribution in [0.4, 0.5) is 0 Å². The standard InChI is InChI=1S/C23H26N2O2/c24-22(26)16-5-4-8-20(13-16)27-21-14-18-9-10-19(15-21)25(18)23(11-12-23)17-6-2-1-3-7-17/h1-8,13,18-19,21H,9-12,14-15H2,(H2,24,26)/t18-,19+,21?. The lowest BCUT2D eigenvalue weighted by molar-refractivity contribution is 0.0104. The molecule has 1 saturated carbocycles. The van der Waals surface area contributed by atoms with E-state index >= 15 is 0 Å². The van der Waals surface area contributed by atoms with Gasteiger partial charge < -0.3 is 10.5 Å². The van der Waals surface area contributed by atoms with E-state index in [1.807, 2.05) is 12.1 Å². The van der Waals surface area contributed by atoms with Gasteiger partial charge in [-0.2, -0.15) is 0 Å². The maximum atomic E-state index is 11.4. The first-order chi connectivity index (χ1) is 13.2. The van der Waals surface area contributed by atoms with Gasteiger partial charge in [0, 0.05) is 23.2 Å². The Morgan fingerprint density at radius 1 is 1.00 bits per heavy atom. The van der Waals surface area contributed by atoms with Crippen molar-refractivity contribution in [2.75, 3.05) is 0 Å². The van der Waals surface area contributed by atoms with E-state index in [1.54, 1.807) is 12.1 Å². The van der Waals surface area contributed by atoms with Gasteiger partial charge in [-0.1, -0.05) is 36.4 Å². The fourth-order valence-corrected chi connectivity index (χ4v) is 5.40. The number of hydrogen-bond acceptors (Lipinski definition) is 3. The summed E-state index contributed by atoms with van der Waals surface area (Å²) in [5, 5.41) is 0. The summed E-state index contributed by atoms with van der Waals surface area (Å²) >= 11 is 0. The average molecular weight is 362 g/mol. The Hall–Kier alpha value is -2.33. The zero-order valence-corrected chi connectivity index (χ0v) is 15.5. The van der Waals surface area contributed by atoms with Crippen molar-refractivity contribution in [1.82, 2.24) is 4.90 Å². The SMILES string of the molecule is NC(=O)c1cccc(OC2C[C@H]3CC[C@@H](C2)N3C2(c3ccccc3)CC2)c1. The molecular formula is C23H26N2O2. The highest BCUT2D eigenvalue weighted by Crippen LogP contribution is 2.57. The summed E-state index contributed by atoms with van der Waals surface area (Å²) < 4.78 is 6.28. The zero-order chi connectivity index (χ0) is 18.4. The van der Waals surface area contributed by atoms with Crippen LogP contribution < -0.4 is 10.5 Å². The fraction of sp³-hybridized carbons (Fsp3) is 0.435. The summed E-state index contributed by atoms with van der Waals surface area (Å²) in [5.74, 6) is 0.349. The molecule has 2 aliphatic heterocycles. The quantitative estimate of drug-likeness (QED) is 0.879. The summed E-state index contributed by atoms with van der Waals surface area (Å²) in [7, 11) is 0. The van der Waals surface area contributed by atoms with Crippen LogP contribution in [-0.2, 0) is 5.54 Å². The second-order valence-electron chi connectivity index (χ2n) is 8.29. The molecule has 1 aliphatic carbocycles. The molecule has 4 heteroatoms. The number of carbonyl (C=O) groups excluding carboxylic acids is 1. The summed E-state index contributed by atoms with van der Waals surface area (Å²) in [6, 6.07) is 19.5. The molecule has 27 heavy (non-hydrogen) atoms. The van der Waals surface area contributed by atoms with Crippen molar-refractivity contribution in [2.45, 2.75) is 62.3 Å². The van der Waals surface area contributed by atoms with Gasteiger partial charge in [-0.3, -0.25) is 9.69 Å². The first-order valence-electron chi connectivity index (χ1n) is 10.1. The lowest BCUT2D eigenvalue weighted by atomic mass is 9.93. The van der Waals surface area contributed by atoms with Gasteiger partial charge in [0.05, 0.1) is 0 Å². The van der Waals surface area contributed by atoms with E-state index in [9.17, 15) is 4.79 Å². The largest absolute Gasteiger partial charge is 0.490 e. The predicted molar refractivity (Wildman–Crippen MR) is 105 cm³/mol. The molecular weight excluding hydrogens is 336 g/mol. The smallest absolute Gasteiger partial charge is 0.248 e. The Labute approximate surface area is 160 Å². The number of nitrogens with two attached hydrogens (primary N) is 1. The van der Waals surface area contributed by atoms with Crippen LogP contribution in [0.3, 0.4) is 0 Å². The minimum absolute atomic E-state index is 0.216. The predicted octanol–water partition coefficient (Wildman–Crippen LogP) is 3.85. The molecule has 3 fully saturated rings. The second-order valence-corrected chi connectivity index (χ2v) is 8.29. The van der Waals surface area contributed by atoms with Gasteiger partial charge in [-0.25, -0.2) is 0 Å². The fourth-order valence-electron chi connectivity index (χ4n) is 5.40. The van der Waals surface area contributed by atoms with Crippen LogP contribution in [0.2, 0.25) is 0 Å². The molecule has 2 saturated heterocycles. The minimum Gasteiger partial charge on any atom is -0.490 e. The van der Waals surface area contributed by atoms with E-state index in [-0.39, 0.29) is 11.6 Å². The van der Waals surface area contributed by atoms with Crippen LogP contribution in [0.1, 0.15) is 54.4 Å². The Balaban J connectivity index is 1.32. The van der Waals surface area contributed by atoms with Crippen molar-refractivity contribution in [3.8, 4) is 5.75 Å². The number of benzene rings is 2. The van der Waals surface area contributed by atoms with Crippen LogP contribution in [0.15, 0.2) is 54.6 Å². The minimum atomic E-state index is -0.408. The first kappa shape index (κ1) is 16.8. The Morgan fingerprint density at radius 2 is 1.70 bits per heavy atom. The number of primary amides is 1. The molecule has 0 aromatic heterocycles. The van der Waals surface area contributed by atoms with E-state index in [1.165, 1.54) is 31.2 Å². The lowest BCUT2D eigenvalue weighted by Gasteiger charge is -2.44. The highest BCUT2D eigenvalue weighted by molar-refractivity contribution is 5.93. The van der Waals surface area contributed by atoms with Crippen LogP contribution in [0.25, 0.3) is 0 Å². The number of carbonyl (C=O) groups is 1. The number of amides is 1. The molecule has 2 heterocycles. The van der Waals surface area contributed by atoms with Crippen LogP contribution in [0.5, 0.6) is 5.75 Å². The Bertz CT molecular complexity index is 832. The zero-order valence-electron chi connectivity index (χ0n) is 15.5. The molecule has 3 atom stereocenters. The van der Waals surface area contributed by atoms with Gasteiger partial charge in [0.1, 0.15) is 11.9 Å². The van der Waals surface area contributed by atoms with Gasteiger partial charge in [-0.05, 0) is 62.3 Å². The normalized spacial score (nSPS) is 28.7. The summed E-state index contributed by atoms with van der Waals surface area (Å²) in [5.41, 5.74) is 7.65. The van der Waals surface area contributed by atoms with Gasteiger partial charge in [0.25, 0.3) is 0 Å². The van der Waals surface area contributed by atoms with Gasteiger partial charge in [0.2, 0.25) is 5.91 Å². The number of hydrogen-bond donors (Lipinski definition) is 1. The summed E-state index contributed by atoms with van der Waals surface area (Å²) in [6.45, 7) is 0. The van der Waals surface area contributed by atoms with Gasteiger partial charge in [-0.15, -0.1) is 0 Å². The topological polar surface area (TPSA) is 55.6 Å². The second kappa shape index (κ2) is 6.38. The molecule has 140 valence electrons. The third kappa shape index (κ3) is 2.92. The molecule has 4 nitrogen and oxygen atoms in total. The number of nitrogens with zero attached hydrogens (tertiary/aromatic N) is 1.